The third kappa shape index (κ3) is 4.17. The SMILES string of the molecule is CC(=O)NCCNC(c1ccccc1)c1ccncc1. The molecule has 1 atom stereocenters. The Labute approximate surface area is 119 Å². The lowest BCUT2D eigenvalue weighted by atomic mass is 10.00. The Morgan fingerprint density at radius 2 is 1.70 bits per heavy atom. The smallest absolute Gasteiger partial charge is 0.216 e. The maximum absolute atomic E-state index is 10.9. The van der Waals surface area contributed by atoms with E-state index in [1.165, 1.54) is 12.5 Å². The van der Waals surface area contributed by atoms with Crippen molar-refractivity contribution in [2.45, 2.75) is 13.0 Å². The molecule has 0 radical (unpaired) electrons. The predicted molar refractivity (Wildman–Crippen MR) is 79.2 cm³/mol. The van der Waals surface area contributed by atoms with Crippen molar-refractivity contribution >= 4 is 5.91 Å². The number of amides is 1. The van der Waals surface area contributed by atoms with Gasteiger partial charge in [0.15, 0.2) is 0 Å². The van der Waals surface area contributed by atoms with Crippen LogP contribution in [0.4, 0.5) is 0 Å². The Hall–Kier alpha value is -2.20. The second-order valence-corrected chi connectivity index (χ2v) is 4.56. The molecule has 1 aromatic carbocycles. The van der Waals surface area contributed by atoms with E-state index >= 15 is 0 Å². The molecule has 0 saturated carbocycles. The first-order valence-corrected chi connectivity index (χ1v) is 6.70. The second kappa shape index (κ2) is 7.40. The number of hydrogen-bond acceptors (Lipinski definition) is 3. The van der Waals surface area contributed by atoms with Gasteiger partial charge >= 0.3 is 0 Å². The van der Waals surface area contributed by atoms with E-state index in [2.05, 4.69) is 27.8 Å². The van der Waals surface area contributed by atoms with E-state index in [1.54, 1.807) is 12.4 Å². The third-order valence-electron chi connectivity index (χ3n) is 3.02. The molecule has 2 N–H and O–H groups in total. The van der Waals surface area contributed by atoms with E-state index < -0.39 is 0 Å². The van der Waals surface area contributed by atoms with Crippen LogP contribution in [-0.4, -0.2) is 24.0 Å². The molecule has 0 spiro atoms. The van der Waals surface area contributed by atoms with Gasteiger partial charge in [-0.05, 0) is 23.3 Å². The number of nitrogens with one attached hydrogen (secondary N) is 2. The number of carbonyl (C=O) groups is 1. The van der Waals surface area contributed by atoms with Crippen molar-refractivity contribution < 1.29 is 4.79 Å². The van der Waals surface area contributed by atoms with Crippen molar-refractivity contribution in [2.75, 3.05) is 13.1 Å². The van der Waals surface area contributed by atoms with Gasteiger partial charge in [0, 0.05) is 32.4 Å². The monoisotopic (exact) mass is 269 g/mol. The summed E-state index contributed by atoms with van der Waals surface area (Å²) in [4.78, 5) is 14.9. The second-order valence-electron chi connectivity index (χ2n) is 4.56. The lowest BCUT2D eigenvalue weighted by Crippen LogP contribution is -2.32. The maximum Gasteiger partial charge on any atom is 0.216 e. The zero-order valence-electron chi connectivity index (χ0n) is 11.5. The van der Waals surface area contributed by atoms with E-state index in [9.17, 15) is 4.79 Å². The molecule has 0 bridgehead atoms. The van der Waals surface area contributed by atoms with Crippen molar-refractivity contribution in [3.8, 4) is 0 Å². The van der Waals surface area contributed by atoms with Crippen molar-refractivity contribution in [3.05, 3.63) is 66.0 Å². The molecule has 20 heavy (non-hydrogen) atoms. The van der Waals surface area contributed by atoms with Crippen LogP contribution >= 0.6 is 0 Å². The molecule has 4 heteroatoms. The van der Waals surface area contributed by atoms with E-state index in [0.717, 1.165) is 5.56 Å². The van der Waals surface area contributed by atoms with E-state index in [4.69, 9.17) is 0 Å². The normalized spacial score (nSPS) is 11.8. The Bertz CT molecular complexity index is 488. The fraction of sp³-hybridized carbons (Fsp3) is 0.250. The summed E-state index contributed by atoms with van der Waals surface area (Å²) in [5.41, 5.74) is 2.36. The van der Waals surface area contributed by atoms with Crippen LogP contribution in [0.5, 0.6) is 0 Å². The highest BCUT2D eigenvalue weighted by Gasteiger charge is 2.12. The highest BCUT2D eigenvalue weighted by molar-refractivity contribution is 5.72. The third-order valence-corrected chi connectivity index (χ3v) is 3.02. The molecule has 2 aromatic rings. The average molecular weight is 269 g/mol. The Morgan fingerprint density at radius 1 is 1.05 bits per heavy atom. The first-order valence-electron chi connectivity index (χ1n) is 6.70. The first kappa shape index (κ1) is 14.2. The highest BCUT2D eigenvalue weighted by atomic mass is 16.1. The van der Waals surface area contributed by atoms with E-state index in [0.29, 0.717) is 13.1 Å². The standard InChI is InChI=1S/C16H19N3O/c1-13(20)18-11-12-19-16(14-5-3-2-4-6-14)15-7-9-17-10-8-15/h2-10,16,19H,11-12H2,1H3,(H,18,20). The van der Waals surface area contributed by atoms with E-state index in [1.807, 2.05) is 30.3 Å². The summed E-state index contributed by atoms with van der Waals surface area (Å²) in [6, 6.07) is 14.4. The number of hydrogen-bond donors (Lipinski definition) is 2. The fourth-order valence-corrected chi connectivity index (χ4v) is 2.08. The molecule has 0 fully saturated rings. The minimum Gasteiger partial charge on any atom is -0.355 e. The molecule has 1 aromatic heterocycles. The molecule has 104 valence electrons. The van der Waals surface area contributed by atoms with Gasteiger partial charge in [-0.3, -0.25) is 9.78 Å². The quantitative estimate of drug-likeness (QED) is 0.787. The largest absolute Gasteiger partial charge is 0.355 e. The Balaban J connectivity index is 2.07. The van der Waals surface area contributed by atoms with Crippen LogP contribution in [0.3, 0.4) is 0 Å². The molecule has 4 nitrogen and oxygen atoms in total. The summed E-state index contributed by atoms with van der Waals surface area (Å²) in [6.45, 7) is 2.85. The van der Waals surface area contributed by atoms with Crippen LogP contribution in [0.15, 0.2) is 54.9 Å². The molecule has 0 aliphatic rings. The molecule has 0 aliphatic heterocycles. The Kier molecular flexibility index (Phi) is 5.26. The van der Waals surface area contributed by atoms with Crippen molar-refractivity contribution in [1.82, 2.24) is 15.6 Å². The Morgan fingerprint density at radius 3 is 2.35 bits per heavy atom. The van der Waals surface area contributed by atoms with Gasteiger partial charge in [0.25, 0.3) is 0 Å². The zero-order chi connectivity index (χ0) is 14.2. The van der Waals surface area contributed by atoms with Crippen LogP contribution in [0, 0.1) is 0 Å². The number of pyridine rings is 1. The molecular formula is C16H19N3O. The van der Waals surface area contributed by atoms with Crippen LogP contribution < -0.4 is 10.6 Å². The summed E-state index contributed by atoms with van der Waals surface area (Å²) in [6.07, 6.45) is 3.58. The predicted octanol–water partition coefficient (Wildman–Crippen LogP) is 1.90. The molecule has 1 amide bonds. The van der Waals surface area contributed by atoms with Gasteiger partial charge in [-0.2, -0.15) is 0 Å². The van der Waals surface area contributed by atoms with Gasteiger partial charge in [0.2, 0.25) is 5.91 Å². The molecule has 1 heterocycles. The van der Waals surface area contributed by atoms with Crippen molar-refractivity contribution in [2.24, 2.45) is 0 Å². The summed E-state index contributed by atoms with van der Waals surface area (Å²) in [5, 5.41) is 6.26. The van der Waals surface area contributed by atoms with Crippen LogP contribution in [0.2, 0.25) is 0 Å². The summed E-state index contributed by atoms with van der Waals surface area (Å²) in [7, 11) is 0. The molecular weight excluding hydrogens is 250 g/mol. The lowest BCUT2D eigenvalue weighted by Gasteiger charge is -2.19. The topological polar surface area (TPSA) is 54.0 Å². The van der Waals surface area contributed by atoms with Crippen LogP contribution in [0.1, 0.15) is 24.1 Å². The number of aromatic nitrogens is 1. The number of rotatable bonds is 6. The lowest BCUT2D eigenvalue weighted by molar-refractivity contribution is -0.118. The minimum absolute atomic E-state index is 0.00743. The summed E-state index contributed by atoms with van der Waals surface area (Å²) in [5.74, 6) is -0.00743. The van der Waals surface area contributed by atoms with Gasteiger partial charge in [-0.25, -0.2) is 0 Å². The van der Waals surface area contributed by atoms with Gasteiger partial charge in [-0.1, -0.05) is 30.3 Å². The maximum atomic E-state index is 10.9. The van der Waals surface area contributed by atoms with Crippen molar-refractivity contribution in [3.63, 3.8) is 0 Å². The summed E-state index contributed by atoms with van der Waals surface area (Å²) < 4.78 is 0. The number of carbonyl (C=O) groups excluding carboxylic acids is 1. The molecule has 2 rings (SSSR count). The zero-order valence-corrected chi connectivity index (χ0v) is 11.5. The van der Waals surface area contributed by atoms with Crippen molar-refractivity contribution in [1.29, 1.82) is 0 Å². The number of nitrogens with zero attached hydrogens (tertiary/aromatic N) is 1. The van der Waals surface area contributed by atoms with Crippen LogP contribution in [0.25, 0.3) is 0 Å². The van der Waals surface area contributed by atoms with Gasteiger partial charge < -0.3 is 10.6 Å². The molecule has 0 saturated heterocycles. The first-order chi connectivity index (χ1) is 9.77. The highest BCUT2D eigenvalue weighted by Crippen LogP contribution is 2.20. The molecule has 0 aliphatic carbocycles. The van der Waals surface area contributed by atoms with Crippen LogP contribution in [-0.2, 0) is 4.79 Å². The molecule has 1 unspecified atom stereocenters. The number of benzene rings is 1. The minimum atomic E-state index is -0.00743. The fourth-order valence-electron chi connectivity index (χ4n) is 2.08. The average Bonchev–Trinajstić information content (AvgIpc) is 2.49. The van der Waals surface area contributed by atoms with Gasteiger partial charge in [0.1, 0.15) is 0 Å². The summed E-state index contributed by atoms with van der Waals surface area (Å²) >= 11 is 0. The van der Waals surface area contributed by atoms with Gasteiger partial charge in [0.05, 0.1) is 6.04 Å². The van der Waals surface area contributed by atoms with E-state index in [-0.39, 0.29) is 11.9 Å². The van der Waals surface area contributed by atoms with Gasteiger partial charge in [-0.15, -0.1) is 0 Å².